The molecule has 0 fully saturated rings. The van der Waals surface area contributed by atoms with Crippen LogP contribution in [0.15, 0.2) is 30.3 Å². The molecular formula is C7H8Cl4Si. The van der Waals surface area contributed by atoms with Crippen LogP contribution in [-0.4, -0.2) is 6.00 Å². The lowest BCUT2D eigenvalue weighted by molar-refractivity contribution is 1.71. The highest BCUT2D eigenvalue weighted by Crippen LogP contribution is 2.17. The first kappa shape index (κ1) is 12.6. The highest BCUT2D eigenvalue weighted by molar-refractivity contribution is 7.64. The maximum Gasteiger partial charge on any atom is 0.338 e. The largest absolute Gasteiger partial charge is 0.338 e. The van der Waals surface area contributed by atoms with Gasteiger partial charge < -0.3 is 0 Å². The first-order valence-corrected chi connectivity index (χ1v) is 9.08. The Kier molecular flexibility index (Phi) is 6.42. The third kappa shape index (κ3) is 13.2. The summed E-state index contributed by atoms with van der Waals surface area (Å²) in [6, 6.07) is 7.25. The Balaban J connectivity index is 0.000000217. The average Bonchev–Trinajstić information content (AvgIpc) is 1.85. The molecular weight excluding hydrogens is 254 g/mol. The normalized spacial score (nSPS) is 10.1. The number of rotatable bonds is 0. The fourth-order valence-corrected chi connectivity index (χ4v) is 0.560. The summed E-state index contributed by atoms with van der Waals surface area (Å²) in [6.45, 7) is 1.62. The lowest BCUT2D eigenvalue weighted by Gasteiger charge is -1.89. The monoisotopic (exact) mass is 260 g/mol. The Labute approximate surface area is 92.5 Å². The molecule has 0 aromatic heterocycles. The molecule has 0 aliphatic rings. The molecule has 1 aromatic carbocycles. The summed E-state index contributed by atoms with van der Waals surface area (Å²) in [7, 11) is 0. The average molecular weight is 262 g/mol. The molecule has 0 amide bonds. The van der Waals surface area contributed by atoms with E-state index in [1.807, 2.05) is 30.3 Å². The first-order chi connectivity index (χ1) is 5.39. The Morgan fingerprint density at radius 2 is 1.33 bits per heavy atom. The van der Waals surface area contributed by atoms with Crippen molar-refractivity contribution in [3.63, 3.8) is 0 Å². The van der Waals surface area contributed by atoms with Crippen molar-refractivity contribution < 1.29 is 0 Å². The van der Waals surface area contributed by atoms with Crippen LogP contribution < -0.4 is 0 Å². The Hall–Kier alpha value is 0.597. The third-order valence-electron chi connectivity index (χ3n) is 0.733. The zero-order chi connectivity index (χ0) is 9.61. The third-order valence-corrected chi connectivity index (χ3v) is 0.985. The number of hydrogen-bond acceptors (Lipinski definition) is 0. The van der Waals surface area contributed by atoms with Crippen molar-refractivity contribution in [2.24, 2.45) is 0 Å². The Morgan fingerprint density at radius 1 is 1.00 bits per heavy atom. The topological polar surface area (TPSA) is 0 Å². The van der Waals surface area contributed by atoms with E-state index < -0.39 is 6.00 Å². The summed E-state index contributed by atoms with van der Waals surface area (Å²) in [4.78, 5) is 0. The zero-order valence-corrected chi connectivity index (χ0v) is 10.4. The second kappa shape index (κ2) is 6.11. The molecule has 0 unspecified atom stereocenters. The minimum atomic E-state index is -2.19. The molecule has 0 N–H and O–H groups in total. The van der Waals surface area contributed by atoms with E-state index in [1.54, 1.807) is 6.55 Å². The molecule has 12 heavy (non-hydrogen) atoms. The molecule has 1 aromatic rings. The van der Waals surface area contributed by atoms with E-state index in [2.05, 4.69) is 0 Å². The maximum absolute atomic E-state index is 5.54. The predicted molar refractivity (Wildman–Crippen MR) is 60.6 cm³/mol. The molecule has 0 nitrogen and oxygen atoms in total. The molecule has 0 saturated heterocycles. The zero-order valence-electron chi connectivity index (χ0n) is 6.40. The van der Waals surface area contributed by atoms with Crippen LogP contribution in [0.5, 0.6) is 0 Å². The molecule has 0 bridgehead atoms. The summed E-state index contributed by atoms with van der Waals surface area (Å²) < 4.78 is 0. The predicted octanol–water partition coefficient (Wildman–Crippen LogP) is 4.61. The van der Waals surface area contributed by atoms with E-state index in [0.717, 1.165) is 5.02 Å². The van der Waals surface area contributed by atoms with Crippen LogP contribution in [0.1, 0.15) is 0 Å². The van der Waals surface area contributed by atoms with Gasteiger partial charge in [-0.15, -0.1) is 33.2 Å². The van der Waals surface area contributed by atoms with Gasteiger partial charge in [0, 0.05) is 5.02 Å². The minimum absolute atomic E-state index is 0.794. The smallest absolute Gasteiger partial charge is 0.126 e. The van der Waals surface area contributed by atoms with E-state index in [1.165, 1.54) is 0 Å². The molecule has 0 aliphatic heterocycles. The van der Waals surface area contributed by atoms with Crippen LogP contribution in [0.2, 0.25) is 11.6 Å². The first-order valence-electron chi connectivity index (χ1n) is 3.17. The van der Waals surface area contributed by atoms with E-state index in [4.69, 9.17) is 44.8 Å². The van der Waals surface area contributed by atoms with Crippen molar-refractivity contribution in [1.82, 2.24) is 0 Å². The lowest BCUT2D eigenvalue weighted by Crippen LogP contribution is -1.97. The number of halogens is 4. The van der Waals surface area contributed by atoms with Gasteiger partial charge in [0.1, 0.15) is 0 Å². The van der Waals surface area contributed by atoms with Crippen molar-refractivity contribution in [1.29, 1.82) is 0 Å². The van der Waals surface area contributed by atoms with Gasteiger partial charge in [-0.1, -0.05) is 29.8 Å². The molecule has 5 heteroatoms. The molecule has 68 valence electrons. The number of benzene rings is 1. The van der Waals surface area contributed by atoms with Gasteiger partial charge in [-0.3, -0.25) is 0 Å². The van der Waals surface area contributed by atoms with Crippen LogP contribution in [0.3, 0.4) is 0 Å². The van der Waals surface area contributed by atoms with Gasteiger partial charge >= 0.3 is 6.00 Å². The summed E-state index contributed by atoms with van der Waals surface area (Å²) in [6.07, 6.45) is 0. The molecule has 0 heterocycles. The van der Waals surface area contributed by atoms with Gasteiger partial charge in [0.15, 0.2) is 0 Å². The van der Waals surface area contributed by atoms with E-state index in [9.17, 15) is 0 Å². The number of hydrogen-bond donors (Lipinski definition) is 0. The summed E-state index contributed by atoms with van der Waals surface area (Å²) in [5, 5.41) is 0.794. The summed E-state index contributed by atoms with van der Waals surface area (Å²) in [5.74, 6) is 0. The van der Waals surface area contributed by atoms with Crippen LogP contribution in [-0.2, 0) is 0 Å². The molecule has 0 saturated carbocycles. The van der Waals surface area contributed by atoms with Crippen LogP contribution >= 0.6 is 44.8 Å². The van der Waals surface area contributed by atoms with Crippen LogP contribution in [0.25, 0.3) is 0 Å². The van der Waals surface area contributed by atoms with E-state index in [0.29, 0.717) is 0 Å². The highest BCUT2D eigenvalue weighted by atomic mass is 35.8. The standard InChI is InChI=1S/C6H5Cl.CH3Cl3Si/c7-6-4-2-1-3-5-6;1-5(2,3)4/h1-5H;1H3. The fourth-order valence-electron chi connectivity index (χ4n) is 0.415. The van der Waals surface area contributed by atoms with Gasteiger partial charge in [0.05, 0.1) is 0 Å². The SMILES string of the molecule is C[Si](Cl)(Cl)Cl.Clc1ccccc1. The Bertz CT molecular complexity index is 200. The van der Waals surface area contributed by atoms with E-state index in [-0.39, 0.29) is 0 Å². The Morgan fingerprint density at radius 3 is 1.50 bits per heavy atom. The second-order valence-corrected chi connectivity index (χ2v) is 12.6. The fraction of sp³-hybridized carbons (Fsp3) is 0.143. The van der Waals surface area contributed by atoms with E-state index >= 15 is 0 Å². The molecule has 0 radical (unpaired) electrons. The van der Waals surface area contributed by atoms with Gasteiger partial charge in [0.2, 0.25) is 0 Å². The molecule has 0 atom stereocenters. The quantitative estimate of drug-likeness (QED) is 0.473. The van der Waals surface area contributed by atoms with Crippen molar-refractivity contribution >= 4 is 50.8 Å². The van der Waals surface area contributed by atoms with Crippen molar-refractivity contribution in [3.05, 3.63) is 35.4 Å². The van der Waals surface area contributed by atoms with Gasteiger partial charge in [0.25, 0.3) is 0 Å². The summed E-state index contributed by atoms with van der Waals surface area (Å²) in [5.41, 5.74) is 0. The van der Waals surface area contributed by atoms with Gasteiger partial charge in [-0.25, -0.2) is 0 Å². The molecule has 1 rings (SSSR count). The minimum Gasteiger partial charge on any atom is -0.126 e. The second-order valence-electron chi connectivity index (χ2n) is 2.08. The maximum atomic E-state index is 5.54. The lowest BCUT2D eigenvalue weighted by atomic mass is 10.4. The molecule has 0 spiro atoms. The van der Waals surface area contributed by atoms with Crippen molar-refractivity contribution in [3.8, 4) is 0 Å². The van der Waals surface area contributed by atoms with Crippen LogP contribution in [0, 0.1) is 0 Å². The van der Waals surface area contributed by atoms with Gasteiger partial charge in [-0.2, -0.15) is 0 Å². The van der Waals surface area contributed by atoms with Gasteiger partial charge in [-0.05, 0) is 18.7 Å². The van der Waals surface area contributed by atoms with Crippen LogP contribution in [0.4, 0.5) is 0 Å². The molecule has 0 aliphatic carbocycles. The highest BCUT2D eigenvalue weighted by Gasteiger charge is 2.13. The van der Waals surface area contributed by atoms with Crippen molar-refractivity contribution in [2.45, 2.75) is 6.55 Å². The van der Waals surface area contributed by atoms with Crippen molar-refractivity contribution in [2.75, 3.05) is 0 Å². The summed E-state index contributed by atoms with van der Waals surface area (Å²) >= 11 is 21.1.